The van der Waals surface area contributed by atoms with E-state index >= 15 is 0 Å². The van der Waals surface area contributed by atoms with Gasteiger partial charge in [0.05, 0.1) is 28.9 Å². The first kappa shape index (κ1) is 24.7. The van der Waals surface area contributed by atoms with Crippen molar-refractivity contribution in [1.29, 1.82) is 0 Å². The lowest BCUT2D eigenvalue weighted by Crippen LogP contribution is -2.50. The van der Waals surface area contributed by atoms with Crippen molar-refractivity contribution in [2.24, 2.45) is 5.73 Å². The minimum absolute atomic E-state index is 0.0291. The highest BCUT2D eigenvalue weighted by molar-refractivity contribution is 6.32. The van der Waals surface area contributed by atoms with Gasteiger partial charge in [0.2, 0.25) is 0 Å². The second-order valence-electron chi connectivity index (χ2n) is 9.98. The van der Waals surface area contributed by atoms with Gasteiger partial charge in [0.1, 0.15) is 17.6 Å². The highest BCUT2D eigenvalue weighted by Crippen LogP contribution is 2.53. The molecule has 0 spiro atoms. The number of rotatable bonds is 5. The number of carbonyl (C=O) groups excluding carboxylic acids is 2. The van der Waals surface area contributed by atoms with Gasteiger partial charge in [0.15, 0.2) is 17.9 Å². The van der Waals surface area contributed by atoms with Crippen molar-refractivity contribution in [2.75, 3.05) is 18.9 Å². The van der Waals surface area contributed by atoms with Crippen LogP contribution in [0.3, 0.4) is 0 Å². The van der Waals surface area contributed by atoms with Crippen LogP contribution in [0.4, 0.5) is 5.69 Å². The van der Waals surface area contributed by atoms with Gasteiger partial charge in [-0.3, -0.25) is 9.59 Å². The summed E-state index contributed by atoms with van der Waals surface area (Å²) in [5, 5.41) is 43.9. The average Bonchev–Trinajstić information content (AvgIpc) is 3.26. The van der Waals surface area contributed by atoms with Gasteiger partial charge in [-0.25, -0.2) is 0 Å². The number of ketones is 2. The van der Waals surface area contributed by atoms with E-state index in [1.165, 1.54) is 12.1 Å². The summed E-state index contributed by atoms with van der Waals surface area (Å²) in [7, 11) is 0. The van der Waals surface area contributed by atoms with Gasteiger partial charge >= 0.3 is 0 Å². The van der Waals surface area contributed by atoms with Crippen LogP contribution < -0.4 is 11.5 Å². The number of fused-ring (bicyclic) bond motifs is 3. The van der Waals surface area contributed by atoms with Crippen LogP contribution in [-0.4, -0.2) is 69.2 Å². The average molecular weight is 499 g/mol. The second kappa shape index (κ2) is 8.82. The van der Waals surface area contributed by atoms with E-state index in [0.717, 1.165) is 0 Å². The lowest BCUT2D eigenvalue weighted by atomic mass is 9.67. The van der Waals surface area contributed by atoms with Crippen LogP contribution in [0.5, 0.6) is 11.5 Å². The molecule has 0 bridgehead atoms. The van der Waals surface area contributed by atoms with Crippen LogP contribution in [0.15, 0.2) is 18.2 Å². The third-order valence-electron chi connectivity index (χ3n) is 7.63. The summed E-state index contributed by atoms with van der Waals surface area (Å²) in [4.78, 5) is 26.9. The maximum absolute atomic E-state index is 13.5. The number of nitrogen functional groups attached to an aromatic ring is 1. The van der Waals surface area contributed by atoms with E-state index in [1.807, 2.05) is 0 Å². The number of hydrogen-bond donors (Lipinski definition) is 6. The normalized spacial score (nSPS) is 27.9. The Balaban J connectivity index is 1.70. The molecule has 0 aromatic heterocycles. The number of anilines is 1. The SMILES string of the molecule is CC1OCC(C2(O)Cc3c(O)c4c(c(O)c3C(CC(N)CCO)C2)C(=O)c2cccc(N)c2C4=O)O1. The first-order valence-corrected chi connectivity index (χ1v) is 12.0. The highest BCUT2D eigenvalue weighted by atomic mass is 16.7. The molecule has 10 heteroatoms. The maximum Gasteiger partial charge on any atom is 0.200 e. The zero-order chi connectivity index (χ0) is 25.9. The molecule has 1 saturated heterocycles. The minimum atomic E-state index is -1.50. The van der Waals surface area contributed by atoms with Gasteiger partial charge < -0.3 is 41.4 Å². The quantitative estimate of drug-likeness (QED) is 0.220. The molecule has 192 valence electrons. The molecule has 3 aliphatic rings. The molecule has 0 radical (unpaired) electrons. The number of aromatic hydroxyl groups is 2. The number of phenolic OH excluding ortho intramolecular Hbond substituents is 2. The maximum atomic E-state index is 13.5. The van der Waals surface area contributed by atoms with E-state index in [0.29, 0.717) is 0 Å². The number of carbonyl (C=O) groups is 2. The van der Waals surface area contributed by atoms with E-state index in [1.54, 1.807) is 13.0 Å². The molecule has 5 atom stereocenters. The Morgan fingerprint density at radius 2 is 1.86 bits per heavy atom. The van der Waals surface area contributed by atoms with Crippen molar-refractivity contribution < 1.29 is 39.5 Å². The molecule has 5 rings (SSSR count). The smallest absolute Gasteiger partial charge is 0.200 e. The molecule has 1 aliphatic heterocycles. The molecule has 2 aromatic carbocycles. The number of aliphatic hydroxyl groups is 2. The molecule has 2 aromatic rings. The lowest BCUT2D eigenvalue weighted by Gasteiger charge is -2.42. The Morgan fingerprint density at radius 1 is 1.14 bits per heavy atom. The van der Waals surface area contributed by atoms with Gasteiger partial charge in [-0.15, -0.1) is 0 Å². The second-order valence-corrected chi connectivity index (χ2v) is 9.98. The topological polar surface area (TPSA) is 186 Å². The third kappa shape index (κ3) is 3.68. The first-order valence-electron chi connectivity index (χ1n) is 12.0. The van der Waals surface area contributed by atoms with Crippen LogP contribution in [0.2, 0.25) is 0 Å². The molecule has 0 saturated carbocycles. The van der Waals surface area contributed by atoms with Gasteiger partial charge in [-0.05, 0) is 38.2 Å². The molecule has 1 fully saturated rings. The van der Waals surface area contributed by atoms with Crippen molar-refractivity contribution in [3.05, 3.63) is 51.6 Å². The molecule has 36 heavy (non-hydrogen) atoms. The summed E-state index contributed by atoms with van der Waals surface area (Å²) in [6.07, 6.45) is -0.747. The summed E-state index contributed by atoms with van der Waals surface area (Å²) in [5.74, 6) is -2.78. The standard InChI is InChI=1S/C26H30N2O8/c1-11-35-10-17(36-11)26(34)8-12(7-13(27)5-6-29)18-15(9-26)23(31)21-20(24(18)32)22(30)14-3-2-4-16(28)19(14)25(21)33/h2-4,11-13,17,29,31-32,34H,5-10,27-28H2,1H3. The zero-order valence-corrected chi connectivity index (χ0v) is 19.9. The number of benzene rings is 2. The molecule has 1 heterocycles. The van der Waals surface area contributed by atoms with Crippen LogP contribution in [-0.2, 0) is 15.9 Å². The highest BCUT2D eigenvalue weighted by Gasteiger charge is 2.51. The summed E-state index contributed by atoms with van der Waals surface area (Å²) < 4.78 is 11.3. The summed E-state index contributed by atoms with van der Waals surface area (Å²) in [5.41, 5.74) is 10.6. The van der Waals surface area contributed by atoms with Crippen molar-refractivity contribution in [3.8, 4) is 11.5 Å². The Bertz CT molecular complexity index is 1260. The van der Waals surface area contributed by atoms with Crippen LogP contribution in [0.1, 0.15) is 75.1 Å². The Kier molecular flexibility index (Phi) is 6.05. The molecule has 2 aliphatic carbocycles. The van der Waals surface area contributed by atoms with Crippen LogP contribution in [0, 0.1) is 0 Å². The fourth-order valence-corrected chi connectivity index (χ4v) is 5.94. The summed E-state index contributed by atoms with van der Waals surface area (Å²) in [6, 6.07) is 4.00. The number of hydrogen-bond acceptors (Lipinski definition) is 10. The molecule has 10 nitrogen and oxygen atoms in total. The Labute approximate surface area is 207 Å². The van der Waals surface area contributed by atoms with Crippen molar-refractivity contribution in [2.45, 2.75) is 62.6 Å². The fourth-order valence-electron chi connectivity index (χ4n) is 5.94. The van der Waals surface area contributed by atoms with E-state index in [4.69, 9.17) is 20.9 Å². The van der Waals surface area contributed by atoms with E-state index < -0.39 is 53.0 Å². The molecular formula is C26H30N2O8. The van der Waals surface area contributed by atoms with Gasteiger partial charge in [0.25, 0.3) is 0 Å². The third-order valence-corrected chi connectivity index (χ3v) is 7.63. The van der Waals surface area contributed by atoms with Crippen molar-refractivity contribution >= 4 is 17.3 Å². The lowest BCUT2D eigenvalue weighted by molar-refractivity contribution is -0.120. The number of phenols is 2. The predicted molar refractivity (Wildman–Crippen MR) is 128 cm³/mol. The van der Waals surface area contributed by atoms with Crippen molar-refractivity contribution in [1.82, 2.24) is 0 Å². The molecule has 0 amide bonds. The number of nitrogens with two attached hydrogens (primary N) is 2. The number of aliphatic hydroxyl groups excluding tert-OH is 1. The fraction of sp³-hybridized carbons (Fsp3) is 0.462. The zero-order valence-electron chi connectivity index (χ0n) is 19.9. The molecule has 5 unspecified atom stereocenters. The monoisotopic (exact) mass is 498 g/mol. The predicted octanol–water partition coefficient (Wildman–Crippen LogP) is 1.08. The van der Waals surface area contributed by atoms with E-state index in [2.05, 4.69) is 0 Å². The largest absolute Gasteiger partial charge is 0.507 e. The van der Waals surface area contributed by atoms with Crippen LogP contribution in [0.25, 0.3) is 0 Å². The van der Waals surface area contributed by atoms with Crippen molar-refractivity contribution in [3.63, 3.8) is 0 Å². The van der Waals surface area contributed by atoms with E-state index in [9.17, 15) is 30.0 Å². The summed E-state index contributed by atoms with van der Waals surface area (Å²) >= 11 is 0. The Hall–Kier alpha value is -3.02. The van der Waals surface area contributed by atoms with Crippen LogP contribution >= 0.6 is 0 Å². The van der Waals surface area contributed by atoms with Gasteiger partial charge in [0, 0.05) is 41.4 Å². The van der Waals surface area contributed by atoms with Gasteiger partial charge in [-0.1, -0.05) is 12.1 Å². The Morgan fingerprint density at radius 3 is 2.53 bits per heavy atom. The molecular weight excluding hydrogens is 468 g/mol. The molecule has 8 N–H and O–H groups in total. The van der Waals surface area contributed by atoms with Gasteiger partial charge in [-0.2, -0.15) is 0 Å². The van der Waals surface area contributed by atoms with E-state index in [-0.39, 0.29) is 78.0 Å². The number of ether oxygens (including phenoxy) is 2. The summed E-state index contributed by atoms with van der Waals surface area (Å²) in [6.45, 7) is 1.69. The minimum Gasteiger partial charge on any atom is -0.507 e. The first-order chi connectivity index (χ1) is 17.1.